The number of fused-ring (bicyclic) bond motifs is 1. The second-order valence-electron chi connectivity index (χ2n) is 10.1. The molecule has 0 amide bonds. The molecule has 0 bridgehead atoms. The quantitative estimate of drug-likeness (QED) is 0.238. The highest BCUT2D eigenvalue weighted by molar-refractivity contribution is 5.83. The number of hydrogen-bond donors (Lipinski definition) is 1. The number of rotatable bonds is 8. The highest BCUT2D eigenvalue weighted by atomic mass is 16.5. The summed E-state index contributed by atoms with van der Waals surface area (Å²) in [6.07, 6.45) is 12.0. The Hall–Kier alpha value is -4.58. The molecule has 0 aliphatic heterocycles. The molecule has 1 N–H and O–H groups in total. The van der Waals surface area contributed by atoms with Crippen molar-refractivity contribution >= 4 is 35.2 Å². The Kier molecular flexibility index (Phi) is 7.13. The van der Waals surface area contributed by atoms with Crippen molar-refractivity contribution in [3.8, 4) is 11.5 Å². The number of ether oxygens (including phenoxy) is 2. The Labute approximate surface area is 223 Å². The predicted octanol–water partition coefficient (Wildman–Crippen LogP) is 7.44. The number of hydrogen-bond acceptors (Lipinski definition) is 4. The van der Waals surface area contributed by atoms with Crippen LogP contribution in [0.3, 0.4) is 0 Å². The number of benzene rings is 2. The molecule has 0 radical (unpaired) electrons. The fourth-order valence-corrected chi connectivity index (χ4v) is 4.24. The molecule has 6 nitrogen and oxygen atoms in total. The van der Waals surface area contributed by atoms with Crippen LogP contribution in [0.5, 0.6) is 11.5 Å². The van der Waals surface area contributed by atoms with Crippen LogP contribution in [0.1, 0.15) is 49.0 Å². The molecule has 0 aliphatic rings. The molecule has 0 atom stereocenters. The summed E-state index contributed by atoms with van der Waals surface area (Å²) in [7, 11) is 1.67. The molecule has 2 aromatic carbocycles. The fourth-order valence-electron chi connectivity index (χ4n) is 4.24. The highest BCUT2D eigenvalue weighted by Gasteiger charge is 2.18. The molecule has 38 heavy (non-hydrogen) atoms. The van der Waals surface area contributed by atoms with Crippen LogP contribution in [0.25, 0.3) is 35.2 Å². The lowest BCUT2D eigenvalue weighted by atomic mass is 10.1. The van der Waals surface area contributed by atoms with E-state index in [4.69, 9.17) is 14.6 Å². The summed E-state index contributed by atoms with van der Waals surface area (Å²) >= 11 is 0. The Balaban J connectivity index is 1.36. The maximum absolute atomic E-state index is 5.91. The van der Waals surface area contributed by atoms with Crippen molar-refractivity contribution in [2.24, 2.45) is 0 Å². The SMILES string of the molecule is COc1cc(OCc2ccccn2)ccc1C=Cc1cc(C=Cc2ccc3cc[nH]c3c2)nn1C(C)(C)C. The first-order chi connectivity index (χ1) is 18.4. The smallest absolute Gasteiger partial charge is 0.130 e. The Bertz CT molecular complexity index is 1590. The van der Waals surface area contributed by atoms with Gasteiger partial charge < -0.3 is 14.5 Å². The average molecular weight is 505 g/mol. The van der Waals surface area contributed by atoms with Crippen molar-refractivity contribution in [2.75, 3.05) is 7.11 Å². The van der Waals surface area contributed by atoms with Gasteiger partial charge in [-0.2, -0.15) is 5.10 Å². The van der Waals surface area contributed by atoms with Crippen molar-refractivity contribution in [3.05, 3.63) is 107 Å². The topological polar surface area (TPSA) is 65.0 Å². The van der Waals surface area contributed by atoms with Crippen molar-refractivity contribution in [2.45, 2.75) is 32.9 Å². The third kappa shape index (κ3) is 5.86. The molecule has 3 heterocycles. The van der Waals surface area contributed by atoms with Gasteiger partial charge in [0.25, 0.3) is 0 Å². The van der Waals surface area contributed by atoms with E-state index < -0.39 is 0 Å². The molecule has 0 spiro atoms. The molecule has 5 aromatic rings. The summed E-state index contributed by atoms with van der Waals surface area (Å²) in [5.41, 5.74) is 5.81. The zero-order valence-corrected chi connectivity index (χ0v) is 22.2. The zero-order valence-electron chi connectivity index (χ0n) is 22.2. The minimum absolute atomic E-state index is 0.178. The number of pyridine rings is 1. The van der Waals surface area contributed by atoms with Crippen molar-refractivity contribution in [1.82, 2.24) is 19.7 Å². The average Bonchev–Trinajstić information content (AvgIpc) is 3.57. The molecular weight excluding hydrogens is 472 g/mol. The number of H-pyrrole nitrogens is 1. The lowest BCUT2D eigenvalue weighted by Gasteiger charge is -2.21. The summed E-state index contributed by atoms with van der Waals surface area (Å²) < 4.78 is 13.6. The van der Waals surface area contributed by atoms with Crippen molar-refractivity contribution < 1.29 is 9.47 Å². The van der Waals surface area contributed by atoms with Gasteiger partial charge in [-0.05, 0) is 92.4 Å². The first kappa shape index (κ1) is 25.1. The van der Waals surface area contributed by atoms with Crippen LogP contribution < -0.4 is 9.47 Å². The van der Waals surface area contributed by atoms with Crippen LogP contribution in [0.15, 0.2) is 79.1 Å². The van der Waals surface area contributed by atoms with Gasteiger partial charge in [0.1, 0.15) is 18.1 Å². The lowest BCUT2D eigenvalue weighted by molar-refractivity contribution is 0.299. The third-order valence-corrected chi connectivity index (χ3v) is 6.17. The number of methoxy groups -OCH3 is 1. The minimum Gasteiger partial charge on any atom is -0.496 e. The second kappa shape index (κ2) is 10.8. The van der Waals surface area contributed by atoms with E-state index in [1.807, 2.05) is 53.4 Å². The van der Waals surface area contributed by atoms with Crippen LogP contribution >= 0.6 is 0 Å². The zero-order chi connectivity index (χ0) is 26.5. The van der Waals surface area contributed by atoms with Gasteiger partial charge in [0.15, 0.2) is 0 Å². The van der Waals surface area contributed by atoms with Crippen LogP contribution in [-0.2, 0) is 12.1 Å². The van der Waals surface area contributed by atoms with E-state index in [2.05, 4.69) is 79.3 Å². The van der Waals surface area contributed by atoms with Gasteiger partial charge in [-0.25, -0.2) is 0 Å². The summed E-state index contributed by atoms with van der Waals surface area (Å²) in [4.78, 5) is 7.57. The summed E-state index contributed by atoms with van der Waals surface area (Å²) in [5.74, 6) is 1.47. The third-order valence-electron chi connectivity index (χ3n) is 6.17. The maximum atomic E-state index is 5.91. The van der Waals surface area contributed by atoms with Crippen LogP contribution in [0.4, 0.5) is 0 Å². The molecule has 192 valence electrons. The summed E-state index contributed by atoms with van der Waals surface area (Å²) in [6, 6.07) is 22.2. The van der Waals surface area contributed by atoms with Gasteiger partial charge in [0.05, 0.1) is 29.7 Å². The monoisotopic (exact) mass is 504 g/mol. The van der Waals surface area contributed by atoms with E-state index in [0.29, 0.717) is 6.61 Å². The van der Waals surface area contributed by atoms with E-state index in [-0.39, 0.29) is 5.54 Å². The second-order valence-corrected chi connectivity index (χ2v) is 10.1. The molecule has 0 saturated carbocycles. The van der Waals surface area contributed by atoms with Gasteiger partial charge in [-0.15, -0.1) is 0 Å². The van der Waals surface area contributed by atoms with Crippen LogP contribution in [0, 0.1) is 0 Å². The molecule has 0 unspecified atom stereocenters. The molecule has 0 fully saturated rings. The Morgan fingerprint density at radius 3 is 2.61 bits per heavy atom. The van der Waals surface area contributed by atoms with Gasteiger partial charge >= 0.3 is 0 Å². The number of nitrogens with one attached hydrogen (secondary N) is 1. The van der Waals surface area contributed by atoms with Crippen LogP contribution in [-0.4, -0.2) is 26.9 Å². The van der Waals surface area contributed by atoms with Gasteiger partial charge in [-0.3, -0.25) is 9.67 Å². The van der Waals surface area contributed by atoms with Crippen molar-refractivity contribution in [3.63, 3.8) is 0 Å². The number of nitrogens with zero attached hydrogens (tertiary/aromatic N) is 3. The Morgan fingerprint density at radius 1 is 0.921 bits per heavy atom. The predicted molar refractivity (Wildman–Crippen MR) is 155 cm³/mol. The van der Waals surface area contributed by atoms with Gasteiger partial charge in [0, 0.05) is 29.5 Å². The first-order valence-electron chi connectivity index (χ1n) is 12.6. The van der Waals surface area contributed by atoms with E-state index >= 15 is 0 Å². The van der Waals surface area contributed by atoms with E-state index in [0.717, 1.165) is 45.2 Å². The lowest BCUT2D eigenvalue weighted by Crippen LogP contribution is -2.24. The minimum atomic E-state index is -0.178. The molecule has 5 rings (SSSR count). The molecule has 0 saturated heterocycles. The van der Waals surface area contributed by atoms with Crippen molar-refractivity contribution in [1.29, 1.82) is 0 Å². The number of aromatic amines is 1. The molecule has 0 aliphatic carbocycles. The Morgan fingerprint density at radius 2 is 1.82 bits per heavy atom. The fraction of sp³-hybridized carbons (Fsp3) is 0.188. The highest BCUT2D eigenvalue weighted by Crippen LogP contribution is 2.28. The van der Waals surface area contributed by atoms with E-state index in [9.17, 15) is 0 Å². The van der Waals surface area contributed by atoms with Crippen LogP contribution in [0.2, 0.25) is 0 Å². The summed E-state index contributed by atoms with van der Waals surface area (Å²) in [5, 5.41) is 6.09. The molecule has 3 aromatic heterocycles. The normalized spacial score (nSPS) is 12.1. The van der Waals surface area contributed by atoms with E-state index in [1.165, 1.54) is 5.39 Å². The maximum Gasteiger partial charge on any atom is 0.130 e. The largest absolute Gasteiger partial charge is 0.496 e. The molecular formula is C32H32N4O2. The summed E-state index contributed by atoms with van der Waals surface area (Å²) in [6.45, 7) is 6.86. The number of aromatic nitrogens is 4. The van der Waals surface area contributed by atoms with Gasteiger partial charge in [0.2, 0.25) is 0 Å². The van der Waals surface area contributed by atoms with Gasteiger partial charge in [-0.1, -0.05) is 24.3 Å². The first-order valence-corrected chi connectivity index (χ1v) is 12.6. The molecule has 6 heteroatoms. The standard InChI is InChI=1S/C32H32N4O2/c1-32(2,3)36-28(20-26(35-36)13-9-23-8-10-24-16-18-34-30(24)19-23)14-11-25-12-15-29(21-31(25)37-4)38-22-27-7-5-6-17-33-27/h5-21,34H,22H2,1-4H3. The van der Waals surface area contributed by atoms with E-state index in [1.54, 1.807) is 13.3 Å².